The molecule has 0 bridgehead atoms. The van der Waals surface area contributed by atoms with Crippen LogP contribution in [0.5, 0.6) is 0 Å². The lowest BCUT2D eigenvalue weighted by molar-refractivity contribution is -0.181. The van der Waals surface area contributed by atoms with Gasteiger partial charge in [-0.15, -0.1) is 24.0 Å². The van der Waals surface area contributed by atoms with Crippen LogP contribution in [-0.4, -0.2) is 116 Å². The van der Waals surface area contributed by atoms with Gasteiger partial charge in [0.1, 0.15) is 6.04 Å². The number of halogens is 4. The van der Waals surface area contributed by atoms with Gasteiger partial charge in [-0.1, -0.05) is 6.42 Å². The minimum atomic E-state index is -4.17. The highest BCUT2D eigenvalue weighted by Gasteiger charge is 2.42. The largest absolute Gasteiger partial charge is 0.403 e. The molecule has 188 valence electrons. The highest BCUT2D eigenvalue weighted by atomic mass is 127. The van der Waals surface area contributed by atoms with E-state index in [-0.39, 0.29) is 29.5 Å². The Hall–Kier alpha value is -0.330. The number of hydrogen-bond acceptors (Lipinski definition) is 4. The first-order valence-corrected chi connectivity index (χ1v) is 12.0. The molecular formula is C22H42F3IN6. The van der Waals surface area contributed by atoms with E-state index < -0.39 is 12.2 Å². The Kier molecular flexibility index (Phi) is 10.8. The number of piperazine rings is 1. The molecule has 0 aromatic heterocycles. The van der Waals surface area contributed by atoms with Crippen LogP contribution in [0.15, 0.2) is 4.99 Å². The van der Waals surface area contributed by atoms with Crippen molar-refractivity contribution in [1.82, 2.24) is 24.9 Å². The molecule has 32 heavy (non-hydrogen) atoms. The second-order valence-corrected chi connectivity index (χ2v) is 9.49. The maximum atomic E-state index is 13.1. The molecule has 0 saturated carbocycles. The van der Waals surface area contributed by atoms with Crippen LogP contribution in [0.2, 0.25) is 0 Å². The molecule has 10 heteroatoms. The lowest BCUT2D eigenvalue weighted by atomic mass is 9.84. The van der Waals surface area contributed by atoms with Gasteiger partial charge < -0.3 is 15.1 Å². The Morgan fingerprint density at radius 2 is 1.56 bits per heavy atom. The van der Waals surface area contributed by atoms with E-state index in [0.717, 1.165) is 58.1 Å². The molecule has 1 N–H and O–H groups in total. The van der Waals surface area contributed by atoms with Crippen molar-refractivity contribution in [3.8, 4) is 0 Å². The van der Waals surface area contributed by atoms with Crippen molar-refractivity contribution >= 4 is 29.9 Å². The maximum absolute atomic E-state index is 13.1. The highest BCUT2D eigenvalue weighted by molar-refractivity contribution is 14.0. The number of aliphatic imine (C=N–C) groups is 1. The number of hydrogen-bond donors (Lipinski definition) is 1. The van der Waals surface area contributed by atoms with Crippen molar-refractivity contribution in [2.24, 2.45) is 4.99 Å². The van der Waals surface area contributed by atoms with E-state index in [1.54, 1.807) is 0 Å². The SMILES string of the molecule is CCNC(=NCC1(N2CCCCC2)CCN(C)CC1)N1CCN(C(C)C(F)(F)F)CC1.I. The van der Waals surface area contributed by atoms with Gasteiger partial charge in [-0.05, 0) is 72.8 Å². The zero-order valence-electron chi connectivity index (χ0n) is 20.0. The van der Waals surface area contributed by atoms with Gasteiger partial charge in [0.2, 0.25) is 0 Å². The molecular weight excluding hydrogens is 532 g/mol. The number of alkyl halides is 3. The van der Waals surface area contributed by atoms with Crippen LogP contribution in [0.1, 0.15) is 46.0 Å². The zero-order valence-corrected chi connectivity index (χ0v) is 22.3. The summed E-state index contributed by atoms with van der Waals surface area (Å²) in [6.07, 6.45) is 1.93. The number of rotatable bonds is 5. The van der Waals surface area contributed by atoms with Gasteiger partial charge in [-0.3, -0.25) is 14.8 Å². The summed E-state index contributed by atoms with van der Waals surface area (Å²) in [6.45, 7) is 11.3. The predicted octanol–water partition coefficient (Wildman–Crippen LogP) is 3.09. The maximum Gasteiger partial charge on any atom is 0.403 e. The van der Waals surface area contributed by atoms with Gasteiger partial charge in [-0.2, -0.15) is 13.2 Å². The molecule has 0 aliphatic carbocycles. The zero-order chi connectivity index (χ0) is 22.5. The fourth-order valence-corrected chi connectivity index (χ4v) is 5.15. The summed E-state index contributed by atoms with van der Waals surface area (Å²) < 4.78 is 39.3. The molecule has 1 unspecified atom stereocenters. The molecule has 3 saturated heterocycles. The third kappa shape index (κ3) is 7.09. The topological polar surface area (TPSA) is 37.4 Å². The summed E-state index contributed by atoms with van der Waals surface area (Å²) in [6, 6.07) is -1.39. The summed E-state index contributed by atoms with van der Waals surface area (Å²) in [5.41, 5.74) is 0.111. The standard InChI is InChI=1S/C22H41F3N6.HI/c1-4-26-20(30-16-14-29(15-17-30)19(2)22(23,24)25)27-18-21(8-12-28(3)13-9-21)31-10-6-5-7-11-31;/h19H,4-18H2,1-3H3,(H,26,27);1H. The lowest BCUT2D eigenvalue weighted by Gasteiger charge is -2.49. The van der Waals surface area contributed by atoms with Crippen molar-refractivity contribution < 1.29 is 13.2 Å². The fraction of sp³-hybridized carbons (Fsp3) is 0.955. The third-order valence-electron chi connectivity index (χ3n) is 7.44. The first-order valence-electron chi connectivity index (χ1n) is 12.0. The molecule has 3 heterocycles. The van der Waals surface area contributed by atoms with Gasteiger partial charge in [0.15, 0.2) is 5.96 Å². The van der Waals surface area contributed by atoms with Gasteiger partial charge in [0.25, 0.3) is 0 Å². The smallest absolute Gasteiger partial charge is 0.357 e. The van der Waals surface area contributed by atoms with Crippen molar-refractivity contribution in [1.29, 1.82) is 0 Å². The van der Waals surface area contributed by atoms with E-state index in [9.17, 15) is 13.2 Å². The average molecular weight is 575 g/mol. The second-order valence-electron chi connectivity index (χ2n) is 9.49. The Labute approximate surface area is 209 Å². The minimum Gasteiger partial charge on any atom is -0.357 e. The Balaban J connectivity index is 0.00000363. The number of guanidine groups is 1. The lowest BCUT2D eigenvalue weighted by Crippen LogP contribution is -2.59. The van der Waals surface area contributed by atoms with E-state index in [0.29, 0.717) is 26.2 Å². The van der Waals surface area contributed by atoms with Gasteiger partial charge in [0, 0.05) is 38.3 Å². The first kappa shape index (κ1) is 27.9. The van der Waals surface area contributed by atoms with Crippen molar-refractivity contribution in [3.05, 3.63) is 0 Å². The average Bonchev–Trinajstić information content (AvgIpc) is 2.77. The molecule has 0 aromatic carbocycles. The number of nitrogens with zero attached hydrogens (tertiary/aromatic N) is 5. The summed E-state index contributed by atoms with van der Waals surface area (Å²) >= 11 is 0. The molecule has 3 fully saturated rings. The summed E-state index contributed by atoms with van der Waals surface area (Å²) in [5.74, 6) is 0.858. The monoisotopic (exact) mass is 574 g/mol. The fourth-order valence-electron chi connectivity index (χ4n) is 5.15. The second kappa shape index (κ2) is 12.4. The molecule has 0 aromatic rings. The highest BCUT2D eigenvalue weighted by Crippen LogP contribution is 2.32. The van der Waals surface area contributed by atoms with Crippen LogP contribution < -0.4 is 5.32 Å². The van der Waals surface area contributed by atoms with Crippen LogP contribution >= 0.6 is 24.0 Å². The molecule has 3 aliphatic heterocycles. The van der Waals surface area contributed by atoms with E-state index in [2.05, 4.69) is 27.1 Å². The van der Waals surface area contributed by atoms with E-state index in [4.69, 9.17) is 4.99 Å². The van der Waals surface area contributed by atoms with Crippen LogP contribution in [0.4, 0.5) is 13.2 Å². The van der Waals surface area contributed by atoms with Gasteiger partial charge >= 0.3 is 6.18 Å². The van der Waals surface area contributed by atoms with Crippen LogP contribution in [-0.2, 0) is 0 Å². The van der Waals surface area contributed by atoms with E-state index in [1.807, 2.05) is 6.92 Å². The number of piperidine rings is 2. The van der Waals surface area contributed by atoms with E-state index >= 15 is 0 Å². The Bertz CT molecular complexity index is 581. The van der Waals surface area contributed by atoms with Crippen LogP contribution in [0.25, 0.3) is 0 Å². The molecule has 6 nitrogen and oxygen atoms in total. The predicted molar refractivity (Wildman–Crippen MR) is 135 cm³/mol. The molecule has 1 atom stereocenters. The first-order chi connectivity index (χ1) is 14.7. The van der Waals surface area contributed by atoms with Gasteiger partial charge in [0.05, 0.1) is 6.54 Å². The Morgan fingerprint density at radius 1 is 0.969 bits per heavy atom. The molecule has 0 radical (unpaired) electrons. The third-order valence-corrected chi connectivity index (χ3v) is 7.44. The molecule has 0 spiro atoms. The van der Waals surface area contributed by atoms with Crippen molar-refractivity contribution in [2.75, 3.05) is 72.5 Å². The van der Waals surface area contributed by atoms with E-state index in [1.165, 1.54) is 31.1 Å². The molecule has 3 rings (SSSR count). The summed E-state index contributed by atoms with van der Waals surface area (Å²) in [5, 5.41) is 3.40. The minimum absolute atomic E-state index is 0. The van der Waals surface area contributed by atoms with Crippen molar-refractivity contribution in [2.45, 2.75) is 63.7 Å². The van der Waals surface area contributed by atoms with Crippen molar-refractivity contribution in [3.63, 3.8) is 0 Å². The number of nitrogens with one attached hydrogen (secondary N) is 1. The quantitative estimate of drug-likeness (QED) is 0.311. The summed E-state index contributed by atoms with van der Waals surface area (Å²) in [7, 11) is 2.19. The normalized spacial score (nSPS) is 25.3. The number of likely N-dealkylation sites (tertiary alicyclic amines) is 2. The summed E-state index contributed by atoms with van der Waals surface area (Å²) in [4.78, 5) is 13.8. The van der Waals surface area contributed by atoms with Crippen LogP contribution in [0, 0.1) is 0 Å². The Morgan fingerprint density at radius 3 is 2.09 bits per heavy atom. The molecule has 0 amide bonds. The van der Waals surface area contributed by atoms with Gasteiger partial charge in [-0.25, -0.2) is 0 Å². The van der Waals surface area contributed by atoms with Crippen LogP contribution in [0.3, 0.4) is 0 Å². The molecule has 3 aliphatic rings.